The fraction of sp³-hybridized carbons (Fsp3) is 0.0476. The summed E-state index contributed by atoms with van der Waals surface area (Å²) in [5, 5.41) is 8.85. The lowest BCUT2D eigenvalue weighted by molar-refractivity contribution is -0.111. The lowest BCUT2D eigenvalue weighted by atomic mass is 10.2. The molecular formula is C21H17Cl2N5O2. The highest BCUT2D eigenvalue weighted by atomic mass is 35.5. The molecule has 0 aliphatic rings. The lowest BCUT2D eigenvalue weighted by Crippen LogP contribution is -2.17. The van der Waals surface area contributed by atoms with Gasteiger partial charge >= 0.3 is 0 Å². The molecule has 1 heterocycles. The van der Waals surface area contributed by atoms with Crippen molar-refractivity contribution in [2.45, 2.75) is 6.92 Å². The number of benzene rings is 2. The minimum absolute atomic E-state index is 0.0458. The molecule has 0 atom stereocenters. The monoisotopic (exact) mass is 441 g/mol. The molecule has 0 spiro atoms. The number of para-hydroxylation sites is 3. The van der Waals surface area contributed by atoms with Gasteiger partial charge in [-0.2, -0.15) is 4.98 Å². The van der Waals surface area contributed by atoms with Crippen LogP contribution in [-0.2, 0) is 4.79 Å². The number of amides is 2. The van der Waals surface area contributed by atoms with Crippen LogP contribution in [0.25, 0.3) is 0 Å². The molecule has 0 saturated carbocycles. The number of carbonyl (C=O) groups is 2. The number of hydrogen-bond donors (Lipinski definition) is 3. The molecule has 0 bridgehead atoms. The third kappa shape index (κ3) is 4.94. The molecular weight excluding hydrogens is 425 g/mol. The van der Waals surface area contributed by atoms with E-state index in [1.165, 1.54) is 6.20 Å². The molecule has 1 aromatic heterocycles. The maximum absolute atomic E-state index is 12.9. The third-order valence-corrected chi connectivity index (χ3v) is 4.58. The molecule has 0 fully saturated rings. The summed E-state index contributed by atoms with van der Waals surface area (Å²) in [5.74, 6) is -0.687. The first-order valence-electron chi connectivity index (χ1n) is 8.77. The van der Waals surface area contributed by atoms with Crippen LogP contribution in [0.1, 0.15) is 15.9 Å². The van der Waals surface area contributed by atoms with Crippen molar-refractivity contribution in [3.05, 3.63) is 82.7 Å². The second-order valence-corrected chi connectivity index (χ2v) is 6.90. The van der Waals surface area contributed by atoms with Crippen molar-refractivity contribution in [3.63, 3.8) is 0 Å². The molecule has 0 radical (unpaired) electrons. The molecule has 30 heavy (non-hydrogen) atoms. The van der Waals surface area contributed by atoms with E-state index < -0.39 is 5.91 Å². The van der Waals surface area contributed by atoms with Crippen molar-refractivity contribution in [2.75, 3.05) is 16.0 Å². The molecule has 9 heteroatoms. The van der Waals surface area contributed by atoms with Crippen LogP contribution in [0.2, 0.25) is 10.3 Å². The van der Waals surface area contributed by atoms with E-state index in [1.807, 2.05) is 13.0 Å². The van der Waals surface area contributed by atoms with E-state index in [4.69, 9.17) is 23.2 Å². The van der Waals surface area contributed by atoms with Gasteiger partial charge in [0, 0.05) is 6.20 Å². The van der Waals surface area contributed by atoms with Crippen molar-refractivity contribution < 1.29 is 9.59 Å². The van der Waals surface area contributed by atoms with Gasteiger partial charge in [0.2, 0.25) is 11.2 Å². The number of nitrogens with zero attached hydrogens (tertiary/aromatic N) is 2. The first-order valence-corrected chi connectivity index (χ1v) is 9.53. The molecule has 2 aromatic carbocycles. The summed E-state index contributed by atoms with van der Waals surface area (Å²) in [4.78, 5) is 32.7. The number of aromatic nitrogens is 2. The highest BCUT2D eigenvalue weighted by Gasteiger charge is 2.18. The van der Waals surface area contributed by atoms with Crippen LogP contribution in [0, 0.1) is 6.92 Å². The normalized spacial score (nSPS) is 10.2. The molecule has 7 nitrogen and oxygen atoms in total. The van der Waals surface area contributed by atoms with Crippen LogP contribution >= 0.6 is 23.2 Å². The summed E-state index contributed by atoms with van der Waals surface area (Å²) < 4.78 is 0. The van der Waals surface area contributed by atoms with Gasteiger partial charge in [0.15, 0.2) is 0 Å². The van der Waals surface area contributed by atoms with Gasteiger partial charge in [0.1, 0.15) is 11.4 Å². The molecule has 2 amide bonds. The van der Waals surface area contributed by atoms with E-state index in [2.05, 4.69) is 32.5 Å². The second-order valence-electron chi connectivity index (χ2n) is 6.15. The van der Waals surface area contributed by atoms with Gasteiger partial charge in [-0.1, -0.05) is 42.4 Å². The highest BCUT2D eigenvalue weighted by Crippen LogP contribution is 2.29. The average molecular weight is 442 g/mol. The van der Waals surface area contributed by atoms with Crippen molar-refractivity contribution >= 4 is 57.9 Å². The number of anilines is 4. The first-order chi connectivity index (χ1) is 14.4. The van der Waals surface area contributed by atoms with Gasteiger partial charge in [0.05, 0.1) is 22.1 Å². The Labute approximate surface area is 183 Å². The van der Waals surface area contributed by atoms with E-state index in [-0.39, 0.29) is 22.6 Å². The quantitative estimate of drug-likeness (QED) is 0.360. The number of rotatable bonds is 6. The Bertz CT molecular complexity index is 1110. The summed E-state index contributed by atoms with van der Waals surface area (Å²) in [5.41, 5.74) is 2.42. The third-order valence-electron chi connectivity index (χ3n) is 4.09. The minimum atomic E-state index is -0.474. The van der Waals surface area contributed by atoms with E-state index in [9.17, 15) is 9.59 Å². The van der Waals surface area contributed by atoms with Crippen LogP contribution < -0.4 is 16.0 Å². The van der Waals surface area contributed by atoms with Crippen molar-refractivity contribution in [3.8, 4) is 0 Å². The van der Waals surface area contributed by atoms with E-state index in [0.29, 0.717) is 22.1 Å². The minimum Gasteiger partial charge on any atom is -0.338 e. The molecule has 3 aromatic rings. The number of nitrogens with one attached hydrogen (secondary N) is 3. The maximum Gasteiger partial charge on any atom is 0.261 e. The van der Waals surface area contributed by atoms with Crippen LogP contribution in [0.15, 0.2) is 61.3 Å². The number of halogens is 2. The Morgan fingerprint density at radius 2 is 1.77 bits per heavy atom. The zero-order valence-electron chi connectivity index (χ0n) is 15.9. The summed E-state index contributed by atoms with van der Waals surface area (Å²) in [6.07, 6.45) is 2.47. The SMILES string of the molecule is C=CC(=O)Nc1ccccc1Nc1nc(Cl)ncc1C(=O)Nc1c(C)cccc1Cl. The predicted molar refractivity (Wildman–Crippen MR) is 120 cm³/mol. The van der Waals surface area contributed by atoms with Gasteiger partial charge < -0.3 is 16.0 Å². The summed E-state index contributed by atoms with van der Waals surface area (Å²) in [6, 6.07) is 12.2. The zero-order chi connectivity index (χ0) is 21.7. The molecule has 0 saturated heterocycles. The van der Waals surface area contributed by atoms with Crippen LogP contribution in [0.4, 0.5) is 22.9 Å². The smallest absolute Gasteiger partial charge is 0.261 e. The summed E-state index contributed by atoms with van der Waals surface area (Å²) in [6.45, 7) is 5.27. The number of hydrogen-bond acceptors (Lipinski definition) is 5. The molecule has 152 valence electrons. The summed E-state index contributed by atoms with van der Waals surface area (Å²) in [7, 11) is 0. The molecule has 3 N–H and O–H groups in total. The highest BCUT2D eigenvalue weighted by molar-refractivity contribution is 6.34. The average Bonchev–Trinajstić information content (AvgIpc) is 2.72. The fourth-order valence-electron chi connectivity index (χ4n) is 2.61. The predicted octanol–water partition coefficient (Wildman–Crippen LogP) is 5.21. The Balaban J connectivity index is 1.94. The first kappa shape index (κ1) is 21.3. The molecule has 0 aliphatic heterocycles. The number of carbonyl (C=O) groups excluding carboxylic acids is 2. The van der Waals surface area contributed by atoms with Gasteiger partial charge in [-0.25, -0.2) is 4.98 Å². The topological polar surface area (TPSA) is 96.0 Å². The standard InChI is InChI=1S/C21H17Cl2N5O2/c1-3-17(29)25-15-9-4-5-10-16(15)26-19-13(11-24-21(23)28-19)20(30)27-18-12(2)7-6-8-14(18)22/h3-11H,1H2,2H3,(H,25,29)(H,27,30)(H,24,26,28). The fourth-order valence-corrected chi connectivity index (χ4v) is 3.01. The van der Waals surface area contributed by atoms with Gasteiger partial charge in [-0.05, 0) is 48.4 Å². The Hall–Kier alpha value is -3.42. The molecule has 0 unspecified atom stereocenters. The van der Waals surface area contributed by atoms with Crippen LogP contribution in [0.3, 0.4) is 0 Å². The zero-order valence-corrected chi connectivity index (χ0v) is 17.4. The molecule has 3 rings (SSSR count). The van der Waals surface area contributed by atoms with E-state index in [0.717, 1.165) is 11.6 Å². The summed E-state index contributed by atoms with van der Waals surface area (Å²) >= 11 is 12.2. The largest absolute Gasteiger partial charge is 0.338 e. The van der Waals surface area contributed by atoms with Crippen molar-refractivity contribution in [1.82, 2.24) is 9.97 Å². The van der Waals surface area contributed by atoms with E-state index in [1.54, 1.807) is 36.4 Å². The molecule has 0 aliphatic carbocycles. The van der Waals surface area contributed by atoms with Crippen LogP contribution in [-0.4, -0.2) is 21.8 Å². The Morgan fingerprint density at radius 1 is 1.03 bits per heavy atom. The van der Waals surface area contributed by atoms with Gasteiger partial charge in [-0.3, -0.25) is 9.59 Å². The Morgan fingerprint density at radius 3 is 2.47 bits per heavy atom. The second kappa shape index (κ2) is 9.39. The van der Waals surface area contributed by atoms with Gasteiger partial charge in [0.25, 0.3) is 5.91 Å². The maximum atomic E-state index is 12.9. The van der Waals surface area contributed by atoms with Crippen molar-refractivity contribution in [1.29, 1.82) is 0 Å². The lowest BCUT2D eigenvalue weighted by Gasteiger charge is -2.15. The van der Waals surface area contributed by atoms with Crippen molar-refractivity contribution in [2.24, 2.45) is 0 Å². The van der Waals surface area contributed by atoms with Crippen LogP contribution in [0.5, 0.6) is 0 Å². The van der Waals surface area contributed by atoms with Gasteiger partial charge in [-0.15, -0.1) is 0 Å². The van der Waals surface area contributed by atoms with E-state index >= 15 is 0 Å². The number of aryl methyl sites for hydroxylation is 1. The Kier molecular flexibility index (Phi) is 6.66.